The molecule has 0 spiro atoms. The van der Waals surface area contributed by atoms with Gasteiger partial charge in [0.1, 0.15) is 11.5 Å². The maximum Gasteiger partial charge on any atom is 0.119 e. The van der Waals surface area contributed by atoms with Gasteiger partial charge in [-0.15, -0.1) is 0 Å². The van der Waals surface area contributed by atoms with Crippen LogP contribution in [0.5, 0.6) is 11.5 Å². The molecule has 1 aliphatic rings. The summed E-state index contributed by atoms with van der Waals surface area (Å²) in [4.78, 5) is 2.43. The van der Waals surface area contributed by atoms with Crippen LogP contribution in [-0.2, 0) is 0 Å². The molecule has 1 saturated heterocycles. The third kappa shape index (κ3) is 3.39. The molecule has 4 nitrogen and oxygen atoms in total. The predicted molar refractivity (Wildman–Crippen MR) is 76.5 cm³/mol. The second-order valence-corrected chi connectivity index (χ2v) is 5.29. The van der Waals surface area contributed by atoms with Crippen LogP contribution in [0.4, 0.5) is 0 Å². The van der Waals surface area contributed by atoms with Crippen molar-refractivity contribution in [3.05, 3.63) is 23.8 Å². The Bertz CT molecular complexity index is 396. The minimum absolute atomic E-state index is 0.125. The van der Waals surface area contributed by atoms with Gasteiger partial charge in [-0.2, -0.15) is 0 Å². The standard InChI is InChI=1S/C15H24N2O2/c1-3-17(13-5-4-6-16-10-13)11(2)12-7-14(18)9-15(19)8-12/h7-9,11,13,16,18-19H,3-6,10H2,1-2H3. The number of piperidine rings is 1. The summed E-state index contributed by atoms with van der Waals surface area (Å²) < 4.78 is 0. The van der Waals surface area contributed by atoms with Crippen molar-refractivity contribution >= 4 is 0 Å². The van der Waals surface area contributed by atoms with Crippen molar-refractivity contribution < 1.29 is 10.2 Å². The molecule has 0 aromatic heterocycles. The molecule has 1 heterocycles. The Morgan fingerprint density at radius 1 is 1.32 bits per heavy atom. The van der Waals surface area contributed by atoms with Crippen molar-refractivity contribution in [3.63, 3.8) is 0 Å². The molecule has 1 fully saturated rings. The van der Waals surface area contributed by atoms with E-state index in [1.54, 1.807) is 12.1 Å². The summed E-state index contributed by atoms with van der Waals surface area (Å²) in [6.07, 6.45) is 2.41. The highest BCUT2D eigenvalue weighted by atomic mass is 16.3. The minimum atomic E-state index is 0.125. The molecule has 19 heavy (non-hydrogen) atoms. The number of hydrogen-bond donors (Lipinski definition) is 3. The summed E-state index contributed by atoms with van der Waals surface area (Å²) in [6, 6.07) is 5.56. The van der Waals surface area contributed by atoms with Gasteiger partial charge in [0.15, 0.2) is 0 Å². The van der Waals surface area contributed by atoms with Gasteiger partial charge in [-0.05, 0) is 50.6 Å². The Kier molecular flexibility index (Phi) is 4.66. The Balaban J connectivity index is 2.16. The summed E-state index contributed by atoms with van der Waals surface area (Å²) in [6.45, 7) is 7.38. The van der Waals surface area contributed by atoms with E-state index in [1.165, 1.54) is 18.9 Å². The van der Waals surface area contributed by atoms with Gasteiger partial charge in [-0.1, -0.05) is 6.92 Å². The number of phenolic OH excluding ortho intramolecular Hbond substituents is 2. The molecule has 2 unspecified atom stereocenters. The van der Waals surface area contributed by atoms with Gasteiger partial charge < -0.3 is 15.5 Å². The number of benzene rings is 1. The van der Waals surface area contributed by atoms with Gasteiger partial charge in [-0.25, -0.2) is 0 Å². The molecule has 1 aromatic rings. The van der Waals surface area contributed by atoms with Gasteiger partial charge in [0.2, 0.25) is 0 Å². The molecular formula is C15H24N2O2. The monoisotopic (exact) mass is 264 g/mol. The zero-order chi connectivity index (χ0) is 13.8. The third-order valence-corrected chi connectivity index (χ3v) is 4.01. The molecule has 0 bridgehead atoms. The smallest absolute Gasteiger partial charge is 0.119 e. The molecule has 1 aromatic carbocycles. The molecule has 3 N–H and O–H groups in total. The fourth-order valence-electron chi connectivity index (χ4n) is 3.02. The van der Waals surface area contributed by atoms with Crippen LogP contribution >= 0.6 is 0 Å². The second kappa shape index (κ2) is 6.26. The van der Waals surface area contributed by atoms with Crippen molar-refractivity contribution in [1.82, 2.24) is 10.2 Å². The number of hydrogen-bond acceptors (Lipinski definition) is 4. The average Bonchev–Trinajstić information content (AvgIpc) is 2.39. The average molecular weight is 264 g/mol. The maximum absolute atomic E-state index is 9.62. The lowest BCUT2D eigenvalue weighted by Crippen LogP contribution is -2.46. The quantitative estimate of drug-likeness (QED) is 0.780. The normalized spacial score (nSPS) is 21.5. The van der Waals surface area contributed by atoms with Crippen LogP contribution in [0.1, 0.15) is 38.3 Å². The van der Waals surface area contributed by atoms with Crippen LogP contribution in [-0.4, -0.2) is 40.8 Å². The predicted octanol–water partition coefficient (Wildman–Crippen LogP) is 2.23. The Hall–Kier alpha value is -1.26. The molecule has 2 rings (SSSR count). The van der Waals surface area contributed by atoms with E-state index in [0.717, 1.165) is 25.2 Å². The van der Waals surface area contributed by atoms with Gasteiger partial charge in [-0.3, -0.25) is 4.90 Å². The van der Waals surface area contributed by atoms with Gasteiger partial charge in [0, 0.05) is 24.7 Å². The van der Waals surface area contributed by atoms with Gasteiger partial charge in [0.05, 0.1) is 0 Å². The van der Waals surface area contributed by atoms with E-state index in [0.29, 0.717) is 6.04 Å². The zero-order valence-electron chi connectivity index (χ0n) is 11.8. The van der Waals surface area contributed by atoms with Gasteiger partial charge >= 0.3 is 0 Å². The number of phenols is 2. The van der Waals surface area contributed by atoms with Crippen molar-refractivity contribution in [2.24, 2.45) is 0 Å². The largest absolute Gasteiger partial charge is 0.508 e. The first-order valence-electron chi connectivity index (χ1n) is 7.11. The maximum atomic E-state index is 9.62. The third-order valence-electron chi connectivity index (χ3n) is 4.01. The van der Waals surface area contributed by atoms with Crippen LogP contribution in [0.2, 0.25) is 0 Å². The number of rotatable bonds is 4. The first kappa shape index (κ1) is 14.2. The number of likely N-dealkylation sites (N-methyl/N-ethyl adjacent to an activating group) is 1. The number of aromatic hydroxyl groups is 2. The SMILES string of the molecule is CCN(C1CCCNC1)C(C)c1cc(O)cc(O)c1. The Morgan fingerprint density at radius 2 is 2.00 bits per heavy atom. The minimum Gasteiger partial charge on any atom is -0.508 e. The Morgan fingerprint density at radius 3 is 2.53 bits per heavy atom. The van der Waals surface area contributed by atoms with Crippen molar-refractivity contribution in [2.45, 2.75) is 38.8 Å². The topological polar surface area (TPSA) is 55.7 Å². The van der Waals surface area contributed by atoms with E-state index in [1.807, 2.05) is 0 Å². The van der Waals surface area contributed by atoms with Crippen molar-refractivity contribution in [2.75, 3.05) is 19.6 Å². The zero-order valence-corrected chi connectivity index (χ0v) is 11.8. The fourth-order valence-corrected chi connectivity index (χ4v) is 3.02. The lowest BCUT2D eigenvalue weighted by Gasteiger charge is -2.38. The first-order valence-corrected chi connectivity index (χ1v) is 7.11. The molecule has 0 aliphatic carbocycles. The Labute approximate surface area is 115 Å². The summed E-state index contributed by atoms with van der Waals surface area (Å²) in [5.41, 5.74) is 0.963. The van der Waals surface area contributed by atoms with Crippen molar-refractivity contribution in [3.8, 4) is 11.5 Å². The van der Waals surface area contributed by atoms with E-state index >= 15 is 0 Å². The van der Waals surface area contributed by atoms with E-state index < -0.39 is 0 Å². The van der Waals surface area contributed by atoms with Crippen LogP contribution in [0.15, 0.2) is 18.2 Å². The van der Waals surface area contributed by atoms with Crippen LogP contribution in [0.25, 0.3) is 0 Å². The molecule has 4 heteroatoms. The summed E-state index contributed by atoms with van der Waals surface area (Å²) in [5.74, 6) is 0.249. The van der Waals surface area contributed by atoms with E-state index in [4.69, 9.17) is 0 Å². The van der Waals surface area contributed by atoms with Crippen LogP contribution in [0.3, 0.4) is 0 Å². The van der Waals surface area contributed by atoms with E-state index in [-0.39, 0.29) is 17.5 Å². The lowest BCUT2D eigenvalue weighted by molar-refractivity contribution is 0.128. The number of nitrogens with one attached hydrogen (secondary N) is 1. The highest BCUT2D eigenvalue weighted by molar-refractivity contribution is 5.38. The molecule has 2 atom stereocenters. The first-order chi connectivity index (χ1) is 9.11. The highest BCUT2D eigenvalue weighted by Crippen LogP contribution is 2.30. The number of nitrogens with zero attached hydrogens (tertiary/aromatic N) is 1. The molecular weight excluding hydrogens is 240 g/mol. The van der Waals surface area contributed by atoms with Gasteiger partial charge in [0.25, 0.3) is 0 Å². The molecule has 0 saturated carbocycles. The lowest BCUT2D eigenvalue weighted by atomic mass is 10.00. The molecule has 0 amide bonds. The molecule has 1 aliphatic heterocycles. The summed E-state index contributed by atoms with van der Waals surface area (Å²) in [7, 11) is 0. The molecule has 0 radical (unpaired) electrons. The van der Waals surface area contributed by atoms with E-state index in [2.05, 4.69) is 24.1 Å². The van der Waals surface area contributed by atoms with Crippen LogP contribution < -0.4 is 5.32 Å². The molecule has 106 valence electrons. The second-order valence-electron chi connectivity index (χ2n) is 5.29. The highest BCUT2D eigenvalue weighted by Gasteiger charge is 2.25. The van der Waals surface area contributed by atoms with E-state index in [9.17, 15) is 10.2 Å². The fraction of sp³-hybridized carbons (Fsp3) is 0.600. The van der Waals surface area contributed by atoms with Crippen LogP contribution in [0, 0.1) is 0 Å². The summed E-state index contributed by atoms with van der Waals surface area (Å²) >= 11 is 0. The summed E-state index contributed by atoms with van der Waals surface area (Å²) in [5, 5.41) is 22.7. The van der Waals surface area contributed by atoms with Crippen molar-refractivity contribution in [1.29, 1.82) is 0 Å².